The maximum Gasteiger partial charge on any atom is 0.0406 e. The summed E-state index contributed by atoms with van der Waals surface area (Å²) in [5.74, 6) is 1.22. The van der Waals surface area contributed by atoms with Crippen molar-refractivity contribution in [1.29, 1.82) is 0 Å². The fraction of sp³-hybridized carbons (Fsp3) is 0.538. The van der Waals surface area contributed by atoms with Crippen molar-refractivity contribution in [2.75, 3.05) is 13.1 Å². The smallest absolute Gasteiger partial charge is 0.0406 e. The van der Waals surface area contributed by atoms with Crippen LogP contribution in [0.25, 0.3) is 0 Å². The number of hydrogen-bond donors (Lipinski definition) is 1. The van der Waals surface area contributed by atoms with Crippen molar-refractivity contribution >= 4 is 11.6 Å². The van der Waals surface area contributed by atoms with Gasteiger partial charge in [0.15, 0.2) is 0 Å². The molecule has 15 heavy (non-hydrogen) atoms. The van der Waals surface area contributed by atoms with E-state index in [1.165, 1.54) is 5.56 Å². The molecule has 0 heterocycles. The average Bonchev–Trinajstić information content (AvgIpc) is 2.26. The highest BCUT2D eigenvalue weighted by atomic mass is 35.5. The summed E-state index contributed by atoms with van der Waals surface area (Å²) in [5, 5.41) is 4.19. The molecule has 0 radical (unpaired) electrons. The van der Waals surface area contributed by atoms with Crippen LogP contribution in [0.4, 0.5) is 0 Å². The van der Waals surface area contributed by atoms with Crippen molar-refractivity contribution in [3.63, 3.8) is 0 Å². The van der Waals surface area contributed by atoms with E-state index in [1.54, 1.807) is 0 Å². The summed E-state index contributed by atoms with van der Waals surface area (Å²) in [7, 11) is 0. The van der Waals surface area contributed by atoms with Crippen LogP contribution < -0.4 is 5.32 Å². The first kappa shape index (κ1) is 12.5. The predicted octanol–water partition coefficient (Wildman–Crippen LogP) is 3.69. The van der Waals surface area contributed by atoms with E-state index in [1.807, 2.05) is 12.1 Å². The summed E-state index contributed by atoms with van der Waals surface area (Å²) in [4.78, 5) is 0. The molecule has 0 saturated carbocycles. The van der Waals surface area contributed by atoms with Crippen LogP contribution in [0.3, 0.4) is 0 Å². The van der Waals surface area contributed by atoms with Gasteiger partial charge in [-0.3, -0.25) is 0 Å². The molecule has 1 rings (SSSR count). The normalized spacial score (nSPS) is 14.9. The van der Waals surface area contributed by atoms with Crippen LogP contribution in [-0.4, -0.2) is 13.1 Å². The summed E-state index contributed by atoms with van der Waals surface area (Å²) in [6.07, 6.45) is 0. The molecule has 2 heteroatoms. The van der Waals surface area contributed by atoms with Crippen molar-refractivity contribution < 1.29 is 0 Å². The van der Waals surface area contributed by atoms with E-state index in [0.29, 0.717) is 11.8 Å². The van der Waals surface area contributed by atoms with E-state index >= 15 is 0 Å². The minimum Gasteiger partial charge on any atom is -0.317 e. The topological polar surface area (TPSA) is 12.0 Å². The van der Waals surface area contributed by atoms with Crippen LogP contribution in [0, 0.1) is 5.92 Å². The highest BCUT2D eigenvalue weighted by Crippen LogP contribution is 2.24. The molecule has 0 bridgehead atoms. The van der Waals surface area contributed by atoms with Gasteiger partial charge < -0.3 is 5.32 Å². The number of rotatable bonds is 5. The Morgan fingerprint density at radius 2 is 1.80 bits per heavy atom. The summed E-state index contributed by atoms with van der Waals surface area (Å²) >= 11 is 5.87. The number of halogens is 1. The molecule has 1 nitrogen and oxygen atoms in total. The van der Waals surface area contributed by atoms with Crippen LogP contribution in [-0.2, 0) is 0 Å². The third-order valence-corrected chi connectivity index (χ3v) is 3.22. The molecule has 2 atom stereocenters. The van der Waals surface area contributed by atoms with Gasteiger partial charge in [0.2, 0.25) is 0 Å². The van der Waals surface area contributed by atoms with Crippen molar-refractivity contribution in [2.24, 2.45) is 5.92 Å². The van der Waals surface area contributed by atoms with E-state index in [9.17, 15) is 0 Å². The third-order valence-electron chi connectivity index (χ3n) is 2.97. The van der Waals surface area contributed by atoms with Gasteiger partial charge in [-0.1, -0.05) is 44.5 Å². The van der Waals surface area contributed by atoms with E-state index in [4.69, 9.17) is 11.6 Å². The molecule has 0 aliphatic carbocycles. The first-order valence-corrected chi connectivity index (χ1v) is 5.99. The van der Waals surface area contributed by atoms with Crippen LogP contribution in [0.5, 0.6) is 0 Å². The Morgan fingerprint density at radius 3 is 2.33 bits per heavy atom. The lowest BCUT2D eigenvalue weighted by Crippen LogP contribution is -2.24. The molecular formula is C13H20ClN. The summed E-state index contributed by atoms with van der Waals surface area (Å²) in [6.45, 7) is 8.80. The molecule has 0 spiro atoms. The lowest BCUT2D eigenvalue weighted by atomic mass is 9.89. The molecular weight excluding hydrogens is 206 g/mol. The molecule has 0 fully saturated rings. The fourth-order valence-electron chi connectivity index (χ4n) is 1.64. The van der Waals surface area contributed by atoms with Gasteiger partial charge in [0.1, 0.15) is 0 Å². The summed E-state index contributed by atoms with van der Waals surface area (Å²) in [6, 6.07) is 8.17. The first-order valence-electron chi connectivity index (χ1n) is 5.61. The zero-order valence-corrected chi connectivity index (χ0v) is 10.5. The largest absolute Gasteiger partial charge is 0.317 e. The molecule has 0 saturated heterocycles. The Hall–Kier alpha value is -0.530. The van der Waals surface area contributed by atoms with Crippen molar-refractivity contribution in [1.82, 2.24) is 5.32 Å². The minimum absolute atomic E-state index is 0.571. The Kier molecular flexibility index (Phi) is 5.13. The Balaban J connectivity index is 2.59. The Bertz CT molecular complexity index is 281. The summed E-state index contributed by atoms with van der Waals surface area (Å²) in [5.41, 5.74) is 1.37. The van der Waals surface area contributed by atoms with Crippen LogP contribution in [0.15, 0.2) is 24.3 Å². The van der Waals surface area contributed by atoms with Crippen LogP contribution in [0.2, 0.25) is 5.02 Å². The second kappa shape index (κ2) is 6.14. The van der Waals surface area contributed by atoms with Gasteiger partial charge in [-0.15, -0.1) is 0 Å². The third kappa shape index (κ3) is 3.84. The fourth-order valence-corrected chi connectivity index (χ4v) is 1.77. The predicted molar refractivity (Wildman–Crippen MR) is 67.6 cm³/mol. The van der Waals surface area contributed by atoms with E-state index in [0.717, 1.165) is 18.1 Å². The molecule has 1 aromatic carbocycles. The molecule has 0 amide bonds. The first-order chi connectivity index (χ1) is 7.15. The maximum atomic E-state index is 5.87. The maximum absolute atomic E-state index is 5.87. The van der Waals surface area contributed by atoms with Gasteiger partial charge in [-0.2, -0.15) is 0 Å². The van der Waals surface area contributed by atoms with Gasteiger partial charge in [-0.25, -0.2) is 0 Å². The molecule has 84 valence electrons. The number of hydrogen-bond acceptors (Lipinski definition) is 1. The molecule has 1 N–H and O–H groups in total. The van der Waals surface area contributed by atoms with Gasteiger partial charge in [0.25, 0.3) is 0 Å². The van der Waals surface area contributed by atoms with E-state index in [2.05, 4.69) is 38.2 Å². The Labute approximate surface area is 97.8 Å². The molecule has 2 unspecified atom stereocenters. The van der Waals surface area contributed by atoms with Gasteiger partial charge in [0.05, 0.1) is 0 Å². The van der Waals surface area contributed by atoms with Crippen molar-refractivity contribution in [3.8, 4) is 0 Å². The highest BCUT2D eigenvalue weighted by Gasteiger charge is 2.13. The van der Waals surface area contributed by atoms with Gasteiger partial charge in [0, 0.05) is 5.02 Å². The van der Waals surface area contributed by atoms with Gasteiger partial charge in [-0.05, 0) is 42.6 Å². The van der Waals surface area contributed by atoms with Crippen LogP contribution >= 0.6 is 11.6 Å². The monoisotopic (exact) mass is 225 g/mol. The standard InChI is InChI=1S/C13H20ClN/c1-4-15-9-10(2)11(3)12-5-7-13(14)8-6-12/h5-8,10-11,15H,4,9H2,1-3H3. The number of nitrogens with one attached hydrogen (secondary N) is 1. The van der Waals surface area contributed by atoms with E-state index in [-0.39, 0.29) is 0 Å². The van der Waals surface area contributed by atoms with Crippen molar-refractivity contribution in [2.45, 2.75) is 26.7 Å². The molecule has 0 aliphatic heterocycles. The SMILES string of the molecule is CCNCC(C)C(C)c1ccc(Cl)cc1. The Morgan fingerprint density at radius 1 is 1.20 bits per heavy atom. The average molecular weight is 226 g/mol. The van der Waals surface area contributed by atoms with Crippen LogP contribution in [0.1, 0.15) is 32.3 Å². The summed E-state index contributed by atoms with van der Waals surface area (Å²) < 4.78 is 0. The quantitative estimate of drug-likeness (QED) is 0.806. The molecule has 1 aromatic rings. The van der Waals surface area contributed by atoms with Crippen molar-refractivity contribution in [3.05, 3.63) is 34.9 Å². The lowest BCUT2D eigenvalue weighted by Gasteiger charge is -2.20. The zero-order valence-electron chi connectivity index (χ0n) is 9.76. The zero-order chi connectivity index (χ0) is 11.3. The molecule has 0 aliphatic rings. The highest BCUT2D eigenvalue weighted by molar-refractivity contribution is 6.30. The second-order valence-electron chi connectivity index (χ2n) is 4.13. The minimum atomic E-state index is 0.571. The van der Waals surface area contributed by atoms with Gasteiger partial charge >= 0.3 is 0 Å². The van der Waals surface area contributed by atoms with E-state index < -0.39 is 0 Å². The second-order valence-corrected chi connectivity index (χ2v) is 4.56. The molecule has 0 aromatic heterocycles. The lowest BCUT2D eigenvalue weighted by molar-refractivity contribution is 0.454. The number of benzene rings is 1.